The first-order valence-corrected chi connectivity index (χ1v) is 7.91. The molecule has 4 heteroatoms. The Morgan fingerprint density at radius 1 is 1.32 bits per heavy atom. The molecule has 112 valence electrons. The van der Waals surface area contributed by atoms with Crippen molar-refractivity contribution in [2.45, 2.75) is 38.6 Å². The topological polar surface area (TPSA) is 46.5 Å². The van der Waals surface area contributed by atoms with Crippen LogP contribution in [-0.4, -0.2) is 19.5 Å². The van der Waals surface area contributed by atoms with Gasteiger partial charge in [-0.2, -0.15) is 0 Å². The Hall–Kier alpha value is -2.36. The van der Waals surface area contributed by atoms with Gasteiger partial charge in [-0.15, -0.1) is 0 Å². The van der Waals surface area contributed by atoms with Crippen molar-refractivity contribution < 1.29 is 0 Å². The Bertz CT molecular complexity index is 825. The lowest BCUT2D eigenvalue weighted by molar-refractivity contribution is 0.546. The number of H-pyrrole nitrogens is 1. The second kappa shape index (κ2) is 5.44. The van der Waals surface area contributed by atoms with E-state index in [-0.39, 0.29) is 0 Å². The third-order valence-corrected chi connectivity index (χ3v) is 4.39. The molecule has 2 aromatic heterocycles. The molecule has 0 unspecified atom stereocenters. The van der Waals surface area contributed by atoms with E-state index in [0.29, 0.717) is 5.92 Å². The number of rotatable bonds is 3. The molecule has 0 spiro atoms. The van der Waals surface area contributed by atoms with Crippen LogP contribution in [0.4, 0.5) is 0 Å². The second-order valence-electron chi connectivity index (χ2n) is 6.10. The second-order valence-corrected chi connectivity index (χ2v) is 6.10. The minimum atomic E-state index is 0.534. The van der Waals surface area contributed by atoms with Crippen LogP contribution in [0.15, 0.2) is 42.7 Å². The molecule has 1 aromatic carbocycles. The Kier molecular flexibility index (Phi) is 3.29. The fourth-order valence-electron chi connectivity index (χ4n) is 3.25. The van der Waals surface area contributed by atoms with Crippen LogP contribution in [0.25, 0.3) is 11.0 Å². The molecule has 22 heavy (non-hydrogen) atoms. The first-order chi connectivity index (χ1) is 10.8. The van der Waals surface area contributed by atoms with Crippen LogP contribution in [-0.2, 0) is 6.54 Å². The van der Waals surface area contributed by atoms with E-state index in [2.05, 4.69) is 58.0 Å². The summed E-state index contributed by atoms with van der Waals surface area (Å²) >= 11 is 0. The van der Waals surface area contributed by atoms with Gasteiger partial charge in [0.1, 0.15) is 11.6 Å². The smallest absolute Gasteiger partial charge is 0.127 e. The van der Waals surface area contributed by atoms with Gasteiger partial charge in [-0.25, -0.2) is 9.97 Å². The number of hydrogen-bond acceptors (Lipinski definition) is 2. The molecule has 1 aliphatic carbocycles. The third kappa shape index (κ3) is 2.45. The maximum atomic E-state index is 4.70. The highest BCUT2D eigenvalue weighted by Crippen LogP contribution is 2.28. The molecule has 4 rings (SSSR count). The summed E-state index contributed by atoms with van der Waals surface area (Å²) in [5.74, 6) is 2.71. The van der Waals surface area contributed by atoms with Gasteiger partial charge in [0.15, 0.2) is 0 Å². The third-order valence-electron chi connectivity index (χ3n) is 4.39. The van der Waals surface area contributed by atoms with Crippen molar-refractivity contribution in [1.29, 1.82) is 0 Å². The minimum absolute atomic E-state index is 0.534. The molecule has 0 saturated carbocycles. The average molecular weight is 292 g/mol. The molecule has 0 saturated heterocycles. The molecule has 4 nitrogen and oxygen atoms in total. The predicted octanol–water partition coefficient (Wildman–Crippen LogP) is 3.94. The summed E-state index contributed by atoms with van der Waals surface area (Å²) in [5.41, 5.74) is 3.39. The van der Waals surface area contributed by atoms with E-state index in [4.69, 9.17) is 4.98 Å². The lowest BCUT2D eigenvalue weighted by Crippen LogP contribution is -2.11. The van der Waals surface area contributed by atoms with Crippen molar-refractivity contribution in [1.82, 2.24) is 19.5 Å². The average Bonchev–Trinajstić information content (AvgIpc) is 3.14. The maximum Gasteiger partial charge on any atom is 0.127 e. The van der Waals surface area contributed by atoms with E-state index in [1.807, 2.05) is 6.20 Å². The Morgan fingerprint density at radius 3 is 3.14 bits per heavy atom. The summed E-state index contributed by atoms with van der Waals surface area (Å²) in [6.45, 7) is 2.85. The number of aromatic nitrogens is 4. The number of fused-ring (bicyclic) bond motifs is 1. The monoisotopic (exact) mass is 292 g/mol. The van der Waals surface area contributed by atoms with Gasteiger partial charge in [-0.1, -0.05) is 18.2 Å². The van der Waals surface area contributed by atoms with E-state index in [1.165, 1.54) is 17.8 Å². The number of benzene rings is 1. The molecule has 0 fully saturated rings. The first-order valence-electron chi connectivity index (χ1n) is 7.91. The molecule has 1 aliphatic rings. The summed E-state index contributed by atoms with van der Waals surface area (Å²) in [5, 5.41) is 0. The van der Waals surface area contributed by atoms with E-state index in [9.17, 15) is 0 Å². The number of nitrogens with zero attached hydrogens (tertiary/aromatic N) is 3. The van der Waals surface area contributed by atoms with Gasteiger partial charge in [-0.05, 0) is 43.9 Å². The van der Waals surface area contributed by atoms with E-state index in [1.54, 1.807) is 0 Å². The molecule has 0 amide bonds. The predicted molar refractivity (Wildman–Crippen MR) is 87.9 cm³/mol. The molecule has 0 bridgehead atoms. The van der Waals surface area contributed by atoms with Crippen LogP contribution >= 0.6 is 0 Å². The van der Waals surface area contributed by atoms with Crippen LogP contribution in [0.2, 0.25) is 0 Å². The lowest BCUT2D eigenvalue weighted by atomic mass is 9.94. The fraction of sp³-hybridized carbons (Fsp3) is 0.333. The largest absolute Gasteiger partial charge is 0.340 e. The molecule has 3 aromatic rings. The van der Waals surface area contributed by atoms with E-state index >= 15 is 0 Å². The number of aryl methyl sites for hydroxylation is 1. The molecule has 1 N–H and O–H groups in total. The summed E-state index contributed by atoms with van der Waals surface area (Å²) in [6.07, 6.45) is 11.9. The number of hydrogen-bond donors (Lipinski definition) is 1. The van der Waals surface area contributed by atoms with Gasteiger partial charge in [0.25, 0.3) is 0 Å². The lowest BCUT2D eigenvalue weighted by Gasteiger charge is -2.18. The van der Waals surface area contributed by atoms with Crippen molar-refractivity contribution in [3.05, 3.63) is 60.0 Å². The van der Waals surface area contributed by atoms with Gasteiger partial charge in [0.2, 0.25) is 0 Å². The van der Waals surface area contributed by atoms with Crippen LogP contribution in [0.5, 0.6) is 0 Å². The molecule has 0 aliphatic heterocycles. The standard InChI is InChI=1S/C18H20N4/c1-13-7-8-15-16(11-13)21-17(20-15)12-22-10-9-19-18(22)14-5-3-2-4-6-14/h2-3,7-11,14H,4-6,12H2,1H3,(H,20,21)/t14-/m1/s1. The minimum Gasteiger partial charge on any atom is -0.340 e. The maximum absolute atomic E-state index is 4.70. The highest BCUT2D eigenvalue weighted by molar-refractivity contribution is 5.75. The van der Waals surface area contributed by atoms with Gasteiger partial charge in [0, 0.05) is 18.3 Å². The van der Waals surface area contributed by atoms with E-state index in [0.717, 1.165) is 36.2 Å². The van der Waals surface area contributed by atoms with Crippen LogP contribution < -0.4 is 0 Å². The van der Waals surface area contributed by atoms with Gasteiger partial charge >= 0.3 is 0 Å². The Labute approximate surface area is 129 Å². The highest BCUT2D eigenvalue weighted by atomic mass is 15.1. The Balaban J connectivity index is 1.62. The summed E-state index contributed by atoms with van der Waals surface area (Å²) < 4.78 is 2.23. The van der Waals surface area contributed by atoms with Crippen molar-refractivity contribution in [3.8, 4) is 0 Å². The normalized spacial score (nSPS) is 18.1. The van der Waals surface area contributed by atoms with E-state index < -0.39 is 0 Å². The highest BCUT2D eigenvalue weighted by Gasteiger charge is 2.18. The number of allylic oxidation sites excluding steroid dienone is 2. The van der Waals surface area contributed by atoms with Gasteiger partial charge < -0.3 is 9.55 Å². The first kappa shape index (κ1) is 13.3. The van der Waals surface area contributed by atoms with Crippen molar-refractivity contribution in [2.24, 2.45) is 0 Å². The van der Waals surface area contributed by atoms with Crippen LogP contribution in [0.3, 0.4) is 0 Å². The van der Waals surface area contributed by atoms with Gasteiger partial charge in [0.05, 0.1) is 17.6 Å². The molecule has 1 atom stereocenters. The summed E-state index contributed by atoms with van der Waals surface area (Å²) in [4.78, 5) is 12.7. The quantitative estimate of drug-likeness (QED) is 0.743. The summed E-state index contributed by atoms with van der Waals surface area (Å²) in [7, 11) is 0. The molecular formula is C18H20N4. The zero-order valence-electron chi connectivity index (χ0n) is 12.8. The zero-order valence-corrected chi connectivity index (χ0v) is 12.8. The number of imidazole rings is 2. The zero-order chi connectivity index (χ0) is 14.9. The molecule has 2 heterocycles. The van der Waals surface area contributed by atoms with Crippen molar-refractivity contribution in [3.63, 3.8) is 0 Å². The SMILES string of the molecule is Cc1ccc2nc(Cn3ccnc3[C@@H]3CC=CCC3)[nH]c2c1. The van der Waals surface area contributed by atoms with Crippen molar-refractivity contribution in [2.75, 3.05) is 0 Å². The molecular weight excluding hydrogens is 272 g/mol. The number of nitrogens with one attached hydrogen (secondary N) is 1. The Morgan fingerprint density at radius 2 is 2.27 bits per heavy atom. The van der Waals surface area contributed by atoms with Gasteiger partial charge in [-0.3, -0.25) is 0 Å². The van der Waals surface area contributed by atoms with Crippen LogP contribution in [0, 0.1) is 6.92 Å². The van der Waals surface area contributed by atoms with Crippen molar-refractivity contribution >= 4 is 11.0 Å². The fourth-order valence-corrected chi connectivity index (χ4v) is 3.25. The van der Waals surface area contributed by atoms with Crippen LogP contribution in [0.1, 0.15) is 42.4 Å². The summed E-state index contributed by atoms with van der Waals surface area (Å²) in [6, 6.07) is 6.32. The number of aromatic amines is 1. The molecule has 0 radical (unpaired) electrons.